The van der Waals surface area contributed by atoms with Crippen LogP contribution in [0, 0.1) is 5.82 Å². The predicted octanol–water partition coefficient (Wildman–Crippen LogP) is 0.949. The first-order chi connectivity index (χ1) is 9.10. The Kier molecular flexibility index (Phi) is 4.50. The second kappa shape index (κ2) is 6.12. The van der Waals surface area contributed by atoms with Crippen molar-refractivity contribution in [2.75, 3.05) is 26.2 Å². The third kappa shape index (κ3) is 3.52. The molecule has 0 aliphatic carbocycles. The van der Waals surface area contributed by atoms with Crippen molar-refractivity contribution in [3.05, 3.63) is 35.1 Å². The van der Waals surface area contributed by atoms with E-state index in [0.717, 1.165) is 43.9 Å². The molecule has 0 atom stereocenters. The highest BCUT2D eigenvalue weighted by Crippen LogP contribution is 2.15. The highest BCUT2D eigenvalue weighted by Gasteiger charge is 2.19. The molecule has 2 N–H and O–H groups in total. The summed E-state index contributed by atoms with van der Waals surface area (Å²) in [6.07, 6.45) is 0. The molecular weight excluding hydrogens is 245 g/mol. The molecule has 1 amide bonds. The summed E-state index contributed by atoms with van der Waals surface area (Å²) in [4.78, 5) is 15.4. The van der Waals surface area contributed by atoms with E-state index in [-0.39, 0.29) is 11.7 Å². The van der Waals surface area contributed by atoms with Crippen LogP contribution in [0.25, 0.3) is 0 Å². The minimum absolute atomic E-state index is 0.129. The molecule has 0 radical (unpaired) electrons. The summed E-state index contributed by atoms with van der Waals surface area (Å²) in [7, 11) is 0. The van der Waals surface area contributed by atoms with E-state index >= 15 is 0 Å². The van der Waals surface area contributed by atoms with Gasteiger partial charge in [0, 0.05) is 46.2 Å². The lowest BCUT2D eigenvalue weighted by Crippen LogP contribution is -2.47. The molecule has 1 fully saturated rings. The van der Waals surface area contributed by atoms with Crippen LogP contribution in [0.15, 0.2) is 18.2 Å². The molecule has 0 spiro atoms. The summed E-state index contributed by atoms with van der Waals surface area (Å²) < 4.78 is 13.1. The van der Waals surface area contributed by atoms with Crippen molar-refractivity contribution in [1.29, 1.82) is 0 Å². The number of carbonyl (C=O) groups is 1. The van der Waals surface area contributed by atoms with Crippen molar-refractivity contribution in [1.82, 2.24) is 9.80 Å². The first-order valence-corrected chi connectivity index (χ1v) is 6.55. The number of nitrogens with zero attached hydrogens (tertiary/aromatic N) is 2. The van der Waals surface area contributed by atoms with Gasteiger partial charge in [0.25, 0.3) is 0 Å². The van der Waals surface area contributed by atoms with Crippen molar-refractivity contribution in [2.45, 2.75) is 20.0 Å². The van der Waals surface area contributed by atoms with E-state index in [9.17, 15) is 9.18 Å². The molecule has 1 aliphatic heterocycles. The Labute approximate surface area is 113 Å². The van der Waals surface area contributed by atoms with Gasteiger partial charge in [0.2, 0.25) is 5.91 Å². The number of hydrogen-bond acceptors (Lipinski definition) is 3. The molecule has 104 valence electrons. The van der Waals surface area contributed by atoms with E-state index in [4.69, 9.17) is 5.73 Å². The molecule has 4 nitrogen and oxygen atoms in total. The van der Waals surface area contributed by atoms with Gasteiger partial charge in [-0.05, 0) is 23.3 Å². The van der Waals surface area contributed by atoms with Crippen LogP contribution in [0.5, 0.6) is 0 Å². The van der Waals surface area contributed by atoms with Gasteiger partial charge in [0.15, 0.2) is 0 Å². The van der Waals surface area contributed by atoms with Gasteiger partial charge in [-0.2, -0.15) is 0 Å². The summed E-state index contributed by atoms with van der Waals surface area (Å²) >= 11 is 0. The number of rotatable bonds is 3. The van der Waals surface area contributed by atoms with Crippen LogP contribution in [-0.4, -0.2) is 41.9 Å². The zero-order valence-corrected chi connectivity index (χ0v) is 11.2. The van der Waals surface area contributed by atoms with E-state index in [1.165, 1.54) is 12.1 Å². The fraction of sp³-hybridized carbons (Fsp3) is 0.500. The third-order valence-corrected chi connectivity index (χ3v) is 3.60. The number of nitrogens with two attached hydrogens (primary N) is 1. The number of carbonyl (C=O) groups excluding carboxylic acids is 1. The van der Waals surface area contributed by atoms with E-state index in [1.54, 1.807) is 13.0 Å². The van der Waals surface area contributed by atoms with E-state index < -0.39 is 0 Å². The van der Waals surface area contributed by atoms with Crippen LogP contribution in [0.2, 0.25) is 0 Å². The molecule has 5 heteroatoms. The van der Waals surface area contributed by atoms with Gasteiger partial charge < -0.3 is 10.6 Å². The van der Waals surface area contributed by atoms with Gasteiger partial charge in [0.1, 0.15) is 5.82 Å². The SMILES string of the molecule is CC(=O)N1CCN(Cc2ccc(F)cc2CN)CC1. The second-order valence-corrected chi connectivity index (χ2v) is 4.90. The Bertz CT molecular complexity index is 456. The number of piperazine rings is 1. The van der Waals surface area contributed by atoms with Gasteiger partial charge in [-0.3, -0.25) is 9.69 Å². The van der Waals surface area contributed by atoms with Crippen molar-refractivity contribution in [3.63, 3.8) is 0 Å². The molecule has 0 aromatic heterocycles. The Morgan fingerprint density at radius 3 is 2.53 bits per heavy atom. The van der Waals surface area contributed by atoms with Gasteiger partial charge >= 0.3 is 0 Å². The smallest absolute Gasteiger partial charge is 0.219 e. The Morgan fingerprint density at radius 1 is 1.26 bits per heavy atom. The molecule has 0 saturated carbocycles. The average molecular weight is 265 g/mol. The first-order valence-electron chi connectivity index (χ1n) is 6.55. The number of hydrogen-bond donors (Lipinski definition) is 1. The zero-order valence-electron chi connectivity index (χ0n) is 11.2. The molecule has 1 aliphatic rings. The maximum Gasteiger partial charge on any atom is 0.219 e. The number of amides is 1. The lowest BCUT2D eigenvalue weighted by atomic mass is 10.1. The Hall–Kier alpha value is -1.46. The van der Waals surface area contributed by atoms with Crippen molar-refractivity contribution in [2.24, 2.45) is 5.73 Å². The van der Waals surface area contributed by atoms with Crippen molar-refractivity contribution < 1.29 is 9.18 Å². The molecule has 1 saturated heterocycles. The summed E-state index contributed by atoms with van der Waals surface area (Å²) in [5, 5.41) is 0. The third-order valence-electron chi connectivity index (χ3n) is 3.60. The van der Waals surface area contributed by atoms with Crippen molar-refractivity contribution in [3.8, 4) is 0 Å². The van der Waals surface area contributed by atoms with E-state index in [2.05, 4.69) is 4.90 Å². The van der Waals surface area contributed by atoms with E-state index in [1.807, 2.05) is 4.90 Å². The average Bonchev–Trinajstić information content (AvgIpc) is 2.41. The molecule has 1 aromatic rings. The number of benzene rings is 1. The minimum atomic E-state index is -0.245. The lowest BCUT2D eigenvalue weighted by Gasteiger charge is -2.34. The normalized spacial score (nSPS) is 16.7. The standard InChI is InChI=1S/C14H20FN3O/c1-11(19)18-6-4-17(5-7-18)10-12-2-3-14(15)8-13(12)9-16/h2-3,8H,4-7,9-10,16H2,1H3. The molecule has 0 bridgehead atoms. The van der Waals surface area contributed by atoms with Crippen LogP contribution < -0.4 is 5.73 Å². The molecule has 1 aromatic carbocycles. The van der Waals surface area contributed by atoms with Crippen LogP contribution in [0.4, 0.5) is 4.39 Å². The van der Waals surface area contributed by atoms with Crippen LogP contribution >= 0.6 is 0 Å². The fourth-order valence-corrected chi connectivity index (χ4v) is 2.40. The van der Waals surface area contributed by atoms with E-state index in [0.29, 0.717) is 6.54 Å². The van der Waals surface area contributed by atoms with Gasteiger partial charge in [-0.1, -0.05) is 6.07 Å². The van der Waals surface area contributed by atoms with Crippen molar-refractivity contribution >= 4 is 5.91 Å². The largest absolute Gasteiger partial charge is 0.340 e. The highest BCUT2D eigenvalue weighted by molar-refractivity contribution is 5.73. The maximum atomic E-state index is 13.1. The summed E-state index contributed by atoms with van der Waals surface area (Å²) in [6, 6.07) is 4.77. The highest BCUT2D eigenvalue weighted by atomic mass is 19.1. The summed E-state index contributed by atoms with van der Waals surface area (Å²) in [5.74, 6) is -0.116. The predicted molar refractivity (Wildman–Crippen MR) is 71.8 cm³/mol. The first kappa shape index (κ1) is 14.0. The summed E-state index contributed by atoms with van der Waals surface area (Å²) in [6.45, 7) is 5.92. The topological polar surface area (TPSA) is 49.6 Å². The fourth-order valence-electron chi connectivity index (χ4n) is 2.40. The quantitative estimate of drug-likeness (QED) is 0.885. The molecule has 1 heterocycles. The second-order valence-electron chi connectivity index (χ2n) is 4.90. The molecule has 0 unspecified atom stereocenters. The minimum Gasteiger partial charge on any atom is -0.340 e. The summed E-state index contributed by atoms with van der Waals surface area (Å²) in [5.41, 5.74) is 7.57. The maximum absolute atomic E-state index is 13.1. The number of halogens is 1. The molecule has 2 rings (SSSR count). The van der Waals surface area contributed by atoms with Gasteiger partial charge in [-0.15, -0.1) is 0 Å². The Balaban J connectivity index is 1.97. The monoisotopic (exact) mass is 265 g/mol. The zero-order chi connectivity index (χ0) is 13.8. The van der Waals surface area contributed by atoms with Gasteiger partial charge in [0.05, 0.1) is 0 Å². The lowest BCUT2D eigenvalue weighted by molar-refractivity contribution is -0.130. The van der Waals surface area contributed by atoms with Gasteiger partial charge in [-0.25, -0.2) is 4.39 Å². The van der Waals surface area contributed by atoms with Crippen LogP contribution in [0.1, 0.15) is 18.1 Å². The molecular formula is C14H20FN3O. The Morgan fingerprint density at radius 2 is 1.95 bits per heavy atom. The molecule has 19 heavy (non-hydrogen) atoms. The van der Waals surface area contributed by atoms with Crippen LogP contribution in [-0.2, 0) is 17.9 Å². The van der Waals surface area contributed by atoms with Crippen LogP contribution in [0.3, 0.4) is 0 Å².